The molecule has 1 aliphatic heterocycles. The number of aliphatic imine (C=N–C) groups is 2. The average Bonchev–Trinajstić information content (AvgIpc) is 3.98. The average molecular weight is 1200 g/mol. The van der Waals surface area contributed by atoms with Gasteiger partial charge in [0.15, 0.2) is 11.9 Å². The lowest BCUT2D eigenvalue weighted by molar-refractivity contribution is -0.144. The maximum atomic E-state index is 14.5. The zero-order valence-electron chi connectivity index (χ0n) is 46.5. The number of nitrogens with two attached hydrogens (primary N) is 5. The minimum absolute atomic E-state index is 0.0303. The van der Waals surface area contributed by atoms with Crippen molar-refractivity contribution < 1.29 is 58.2 Å². The van der Waals surface area contributed by atoms with Crippen LogP contribution < -0.4 is 71.2 Å². The number of hydrogen-bond donors (Lipinski definition) is 17. The summed E-state index contributed by atoms with van der Waals surface area (Å²) in [4.78, 5) is 145. The molecular weight excluding hydrogens is 1110 g/mol. The number of likely N-dealkylation sites (tertiary alicyclic amines) is 1. The van der Waals surface area contributed by atoms with E-state index in [9.17, 15) is 58.2 Å². The Balaban J connectivity index is 2.44. The molecule has 1 saturated heterocycles. The van der Waals surface area contributed by atoms with E-state index in [2.05, 4.69) is 77.8 Å². The summed E-state index contributed by atoms with van der Waals surface area (Å²) in [5.41, 5.74) is 28.4. The Hall–Kier alpha value is -6.73. The first-order valence-corrected chi connectivity index (χ1v) is 29.2. The van der Waals surface area contributed by atoms with E-state index in [0.717, 1.165) is 0 Å². The van der Waals surface area contributed by atoms with Crippen LogP contribution in [0.1, 0.15) is 84.6 Å². The van der Waals surface area contributed by atoms with E-state index < -0.39 is 126 Å². The predicted octanol–water partition coefficient (Wildman–Crippen LogP) is -3.73. The highest BCUT2D eigenvalue weighted by Crippen LogP contribution is 2.21. The Morgan fingerprint density at radius 2 is 1.22 bits per heavy atom. The van der Waals surface area contributed by atoms with Crippen molar-refractivity contribution >= 4 is 108 Å². The molecule has 20 N–H and O–H groups in total. The lowest BCUT2D eigenvalue weighted by Gasteiger charge is -2.31. The van der Waals surface area contributed by atoms with Crippen LogP contribution >= 0.6 is 37.0 Å². The lowest BCUT2D eigenvalue weighted by Crippen LogP contribution is -2.60. The SMILES string of the molecule is CSCC[C@H](NC(=O)[C@@H](N)CS)C(=O)N[C@@H](CC(C)C)C(=O)NCC(=O)N[C@@H](CCCN=C(N)N)C(=O)N[C@H](C(=O)N[C@@H](Cc1ccc(O)cc1)C(=O)N[C@@H](CCCN=C(N)N)C(=O)N1CCC[C@H]1C(=O)N[C@@H](CS)C(=O)O)C(C)C. The van der Waals surface area contributed by atoms with Crippen molar-refractivity contribution in [2.24, 2.45) is 50.5 Å². The first-order chi connectivity index (χ1) is 38.2. The van der Waals surface area contributed by atoms with E-state index >= 15 is 0 Å². The fourth-order valence-corrected chi connectivity index (χ4v) is 9.15. The van der Waals surface area contributed by atoms with Crippen LogP contribution in [0.2, 0.25) is 0 Å². The Labute approximate surface area is 487 Å². The first kappa shape index (κ1) is 70.4. The summed E-state index contributed by atoms with van der Waals surface area (Å²) in [5.74, 6) is -9.06. The maximum absolute atomic E-state index is 14.5. The number of thiol groups is 2. The number of carbonyl (C=O) groups excluding carboxylic acids is 9. The fourth-order valence-electron chi connectivity index (χ4n) is 8.27. The number of nitrogens with zero attached hydrogens (tertiary/aromatic N) is 3. The minimum atomic E-state index is -1.45. The van der Waals surface area contributed by atoms with Gasteiger partial charge in [0, 0.05) is 37.6 Å². The predicted molar refractivity (Wildman–Crippen MR) is 314 cm³/mol. The molecule has 1 aromatic carbocycles. The van der Waals surface area contributed by atoms with Crippen LogP contribution in [0.15, 0.2) is 34.3 Å². The van der Waals surface area contributed by atoms with Gasteiger partial charge in [-0.15, -0.1) is 0 Å². The summed E-state index contributed by atoms with van der Waals surface area (Å²) in [6, 6.07) is -5.30. The van der Waals surface area contributed by atoms with Gasteiger partial charge in [-0.2, -0.15) is 37.0 Å². The molecule has 31 heteroatoms. The second-order valence-electron chi connectivity index (χ2n) is 20.1. The topological polar surface area (TPSA) is 465 Å². The molecular formula is C50H84N16O12S3. The number of rotatable bonds is 36. The van der Waals surface area contributed by atoms with E-state index in [1.165, 1.54) is 40.9 Å². The number of aromatic hydroxyl groups is 1. The minimum Gasteiger partial charge on any atom is -0.508 e. The Morgan fingerprint density at radius 1 is 0.679 bits per heavy atom. The molecule has 9 amide bonds. The normalized spacial score (nSPS) is 15.9. The van der Waals surface area contributed by atoms with Gasteiger partial charge in [0.25, 0.3) is 0 Å². The van der Waals surface area contributed by atoms with Crippen molar-refractivity contribution in [2.45, 2.75) is 140 Å². The third-order valence-electron chi connectivity index (χ3n) is 12.6. The lowest BCUT2D eigenvalue weighted by atomic mass is 9.99. The monoisotopic (exact) mass is 1200 g/mol. The van der Waals surface area contributed by atoms with Crippen LogP contribution in [0.5, 0.6) is 5.75 Å². The van der Waals surface area contributed by atoms with Gasteiger partial charge in [-0.25, -0.2) is 4.79 Å². The highest BCUT2D eigenvalue weighted by atomic mass is 32.2. The molecule has 9 atom stereocenters. The van der Waals surface area contributed by atoms with Crippen LogP contribution in [-0.4, -0.2) is 190 Å². The summed E-state index contributed by atoms with van der Waals surface area (Å²) in [6.07, 6.45) is 2.79. The number of aliphatic carboxylic acids is 1. The summed E-state index contributed by atoms with van der Waals surface area (Å²) in [7, 11) is 0. The van der Waals surface area contributed by atoms with Crippen molar-refractivity contribution in [3.63, 3.8) is 0 Å². The van der Waals surface area contributed by atoms with Gasteiger partial charge < -0.3 is 86.3 Å². The maximum Gasteiger partial charge on any atom is 0.327 e. The van der Waals surface area contributed by atoms with Crippen LogP contribution in [0.25, 0.3) is 0 Å². The van der Waals surface area contributed by atoms with Crippen molar-refractivity contribution in [1.29, 1.82) is 0 Å². The second-order valence-corrected chi connectivity index (χ2v) is 21.8. The van der Waals surface area contributed by atoms with Gasteiger partial charge in [-0.1, -0.05) is 39.8 Å². The van der Waals surface area contributed by atoms with Gasteiger partial charge in [0.1, 0.15) is 54.1 Å². The Kier molecular flexibility index (Phi) is 31.8. The van der Waals surface area contributed by atoms with Gasteiger partial charge in [-0.05, 0) is 92.9 Å². The molecule has 1 heterocycles. The van der Waals surface area contributed by atoms with E-state index in [1.807, 2.05) is 20.1 Å². The largest absolute Gasteiger partial charge is 0.508 e. The molecule has 1 aromatic rings. The Bertz CT molecular complexity index is 2340. The van der Waals surface area contributed by atoms with Crippen LogP contribution in [0, 0.1) is 11.8 Å². The quantitative estimate of drug-likeness (QED) is 0.0133. The number of carboxylic acid groups (broad SMARTS) is 1. The van der Waals surface area contributed by atoms with Crippen LogP contribution in [0.3, 0.4) is 0 Å². The number of thioether (sulfide) groups is 1. The van der Waals surface area contributed by atoms with Gasteiger partial charge in [0.05, 0.1) is 12.6 Å². The van der Waals surface area contributed by atoms with Crippen molar-refractivity contribution in [3.8, 4) is 5.75 Å². The molecule has 1 fully saturated rings. The Morgan fingerprint density at radius 3 is 1.77 bits per heavy atom. The van der Waals surface area contributed by atoms with E-state index in [0.29, 0.717) is 17.7 Å². The van der Waals surface area contributed by atoms with E-state index in [4.69, 9.17) is 28.7 Å². The van der Waals surface area contributed by atoms with Gasteiger partial charge in [0.2, 0.25) is 53.2 Å². The molecule has 0 spiro atoms. The number of guanidine groups is 2. The molecule has 454 valence electrons. The van der Waals surface area contributed by atoms with Crippen molar-refractivity contribution in [2.75, 3.05) is 49.7 Å². The molecule has 28 nitrogen and oxygen atoms in total. The number of phenolic OH excluding ortho intramolecular Hbond substituents is 1. The standard InChI is InChI=1S/C50H84N16O12S3/c1-26(2)21-34(62-42(71)32(16-20-81-5)60-40(69)30(51)24-79)41(70)58-23-38(68)59-31(9-6-17-56-49(52)53)43(72)65-39(27(3)4)46(75)63-35(22-28-12-14-29(67)15-13-28)44(73)61-33(10-7-18-57-50(54)55)47(76)66-19-8-11-37(66)45(74)64-36(25-80)48(77)78/h12-15,26-27,30-37,39,67,79-80H,6-11,16-25,51H2,1-5H3,(H,58,70)(H,59,68)(H,60,69)(H,61,73)(H,62,71)(H,63,75)(H,64,74)(H,65,72)(H,77,78)(H4,52,53,56)(H4,54,55,57)/t30-,31-,32-,33-,34-,35-,36-,37-,39-/m0/s1. The third kappa shape index (κ3) is 25.7. The molecule has 0 aromatic heterocycles. The summed E-state index contributed by atoms with van der Waals surface area (Å²) < 4.78 is 0. The molecule has 81 heavy (non-hydrogen) atoms. The summed E-state index contributed by atoms with van der Waals surface area (Å²) in [6.45, 7) is 6.41. The van der Waals surface area contributed by atoms with E-state index in [1.54, 1.807) is 13.8 Å². The highest BCUT2D eigenvalue weighted by molar-refractivity contribution is 7.98. The molecule has 0 unspecified atom stereocenters. The highest BCUT2D eigenvalue weighted by Gasteiger charge is 2.40. The van der Waals surface area contributed by atoms with Crippen LogP contribution in [0.4, 0.5) is 0 Å². The molecule has 0 bridgehead atoms. The number of hydrogen-bond acceptors (Lipinski definition) is 17. The summed E-state index contributed by atoms with van der Waals surface area (Å²) >= 11 is 9.51. The molecule has 0 saturated carbocycles. The summed E-state index contributed by atoms with van der Waals surface area (Å²) in [5, 5.41) is 40.5. The van der Waals surface area contributed by atoms with Crippen molar-refractivity contribution in [3.05, 3.63) is 29.8 Å². The van der Waals surface area contributed by atoms with Gasteiger partial charge in [-0.3, -0.25) is 53.1 Å². The fraction of sp³-hybridized carbons (Fsp3) is 0.640. The number of phenols is 1. The van der Waals surface area contributed by atoms with Crippen LogP contribution in [-0.2, 0) is 54.4 Å². The molecule has 2 rings (SSSR count). The number of amides is 9. The van der Waals surface area contributed by atoms with E-state index in [-0.39, 0.29) is 106 Å². The third-order valence-corrected chi connectivity index (χ3v) is 14.0. The zero-order valence-corrected chi connectivity index (χ0v) is 49.1. The number of carbonyl (C=O) groups is 10. The van der Waals surface area contributed by atoms with Gasteiger partial charge >= 0.3 is 5.97 Å². The smallest absolute Gasteiger partial charge is 0.327 e. The number of carboxylic acids is 1. The first-order valence-electron chi connectivity index (χ1n) is 26.5. The molecule has 0 aliphatic carbocycles. The molecule has 1 aliphatic rings. The molecule has 0 radical (unpaired) electrons. The van der Waals surface area contributed by atoms with Crippen molar-refractivity contribution in [1.82, 2.24) is 47.4 Å². The number of nitrogens with one attached hydrogen (secondary N) is 8. The number of benzene rings is 1. The second kappa shape index (κ2) is 36.6. The zero-order chi connectivity index (χ0) is 60.9.